The Bertz CT molecular complexity index is 812. The second-order valence-electron chi connectivity index (χ2n) is 6.09. The Morgan fingerprint density at radius 2 is 1.81 bits per heavy atom. The quantitative estimate of drug-likeness (QED) is 0.519. The standard InChI is InChI=1S/C20H22O6/c1-3-26-20(25)16-10-14(9-13(19(16)24)8-12(2)11-21)18(23)15-6-4-5-7-17(15)22/h4-7,9-10,12,21-22,24H,3,8,11H2,1-2H3/t12-/m1/s1. The highest BCUT2D eigenvalue weighted by atomic mass is 16.5. The van der Waals surface area contributed by atoms with E-state index in [1.165, 1.54) is 24.3 Å². The molecule has 0 aliphatic carbocycles. The van der Waals surface area contributed by atoms with Gasteiger partial charge < -0.3 is 20.1 Å². The fourth-order valence-corrected chi connectivity index (χ4v) is 2.61. The highest BCUT2D eigenvalue weighted by Crippen LogP contribution is 2.30. The molecule has 0 saturated carbocycles. The summed E-state index contributed by atoms with van der Waals surface area (Å²) in [6.07, 6.45) is 0.274. The van der Waals surface area contributed by atoms with Crippen molar-refractivity contribution in [2.75, 3.05) is 13.2 Å². The Kier molecular flexibility index (Phi) is 6.36. The second kappa shape index (κ2) is 8.49. The van der Waals surface area contributed by atoms with Gasteiger partial charge in [-0.3, -0.25) is 4.79 Å². The van der Waals surface area contributed by atoms with Crippen LogP contribution in [0.1, 0.15) is 45.7 Å². The number of phenols is 2. The number of para-hydroxylation sites is 1. The highest BCUT2D eigenvalue weighted by Gasteiger charge is 2.22. The molecule has 0 saturated heterocycles. The topological polar surface area (TPSA) is 104 Å². The molecular weight excluding hydrogens is 336 g/mol. The lowest BCUT2D eigenvalue weighted by molar-refractivity contribution is 0.0522. The molecule has 0 aliphatic heterocycles. The number of aromatic hydroxyl groups is 2. The molecule has 0 radical (unpaired) electrons. The van der Waals surface area contributed by atoms with Gasteiger partial charge in [-0.05, 0) is 49.1 Å². The van der Waals surface area contributed by atoms with Crippen molar-refractivity contribution >= 4 is 11.8 Å². The lowest BCUT2D eigenvalue weighted by Crippen LogP contribution is -2.12. The van der Waals surface area contributed by atoms with Crippen molar-refractivity contribution < 1.29 is 29.6 Å². The van der Waals surface area contributed by atoms with Crippen molar-refractivity contribution in [2.45, 2.75) is 20.3 Å². The van der Waals surface area contributed by atoms with E-state index < -0.39 is 11.8 Å². The number of hydrogen-bond donors (Lipinski definition) is 3. The molecule has 2 aromatic rings. The van der Waals surface area contributed by atoms with E-state index in [0.717, 1.165) is 0 Å². The number of aliphatic hydroxyl groups is 1. The monoisotopic (exact) mass is 358 g/mol. The minimum Gasteiger partial charge on any atom is -0.507 e. The largest absolute Gasteiger partial charge is 0.507 e. The van der Waals surface area contributed by atoms with Gasteiger partial charge in [0.05, 0.1) is 12.2 Å². The minimum absolute atomic E-state index is 0.0918. The van der Waals surface area contributed by atoms with Crippen molar-refractivity contribution in [3.63, 3.8) is 0 Å². The maximum atomic E-state index is 12.8. The van der Waals surface area contributed by atoms with E-state index in [4.69, 9.17) is 4.74 Å². The molecule has 0 aliphatic rings. The number of carbonyl (C=O) groups is 2. The molecule has 2 aromatic carbocycles. The molecule has 0 unspecified atom stereocenters. The molecule has 0 bridgehead atoms. The van der Waals surface area contributed by atoms with Crippen molar-refractivity contribution in [1.82, 2.24) is 0 Å². The fourth-order valence-electron chi connectivity index (χ4n) is 2.61. The number of rotatable bonds is 7. The summed E-state index contributed by atoms with van der Waals surface area (Å²) in [5.41, 5.74) is 0.478. The molecule has 6 nitrogen and oxygen atoms in total. The summed E-state index contributed by atoms with van der Waals surface area (Å²) < 4.78 is 4.95. The van der Waals surface area contributed by atoms with Crippen LogP contribution in [0.3, 0.4) is 0 Å². The van der Waals surface area contributed by atoms with Crippen molar-refractivity contribution in [1.29, 1.82) is 0 Å². The number of ether oxygens (including phenoxy) is 1. The molecular formula is C20H22O6. The van der Waals surface area contributed by atoms with E-state index in [1.807, 2.05) is 0 Å². The first kappa shape index (κ1) is 19.5. The number of hydrogen-bond acceptors (Lipinski definition) is 6. The third kappa shape index (κ3) is 4.21. The molecule has 0 aromatic heterocycles. The zero-order valence-corrected chi connectivity index (χ0v) is 14.7. The summed E-state index contributed by atoms with van der Waals surface area (Å²) in [4.78, 5) is 24.9. The molecule has 0 spiro atoms. The average molecular weight is 358 g/mol. The number of aliphatic hydroxyl groups excluding tert-OH is 1. The van der Waals surface area contributed by atoms with E-state index in [0.29, 0.717) is 5.56 Å². The minimum atomic E-state index is -0.741. The number of phenolic OH excluding ortho intramolecular Hbond substituents is 2. The molecule has 0 heterocycles. The number of ketones is 1. The van der Waals surface area contributed by atoms with Crippen LogP contribution in [-0.4, -0.2) is 40.3 Å². The summed E-state index contributed by atoms with van der Waals surface area (Å²) in [5.74, 6) is -1.83. The maximum absolute atomic E-state index is 12.8. The smallest absolute Gasteiger partial charge is 0.341 e. The van der Waals surface area contributed by atoms with Crippen LogP contribution in [0.2, 0.25) is 0 Å². The van der Waals surface area contributed by atoms with Gasteiger partial charge >= 0.3 is 5.97 Å². The molecule has 2 rings (SSSR count). The van der Waals surface area contributed by atoms with Gasteiger partial charge in [-0.25, -0.2) is 4.79 Å². The predicted molar refractivity (Wildman–Crippen MR) is 95.6 cm³/mol. The Labute approximate surface area is 151 Å². The Morgan fingerprint density at radius 3 is 2.42 bits per heavy atom. The lowest BCUT2D eigenvalue weighted by atomic mass is 9.93. The summed E-state index contributed by atoms with van der Waals surface area (Å²) in [6.45, 7) is 3.44. The van der Waals surface area contributed by atoms with Crippen LogP contribution >= 0.6 is 0 Å². The zero-order valence-electron chi connectivity index (χ0n) is 14.7. The first-order valence-corrected chi connectivity index (χ1v) is 8.35. The van der Waals surface area contributed by atoms with Gasteiger partial charge in [0.2, 0.25) is 0 Å². The van der Waals surface area contributed by atoms with Crippen LogP contribution in [0.25, 0.3) is 0 Å². The SMILES string of the molecule is CCOC(=O)c1cc(C(=O)c2ccccc2O)cc(C[C@@H](C)CO)c1O. The summed E-state index contributed by atoms with van der Waals surface area (Å²) in [7, 11) is 0. The molecule has 138 valence electrons. The summed E-state index contributed by atoms with van der Waals surface area (Å²) >= 11 is 0. The van der Waals surface area contributed by atoms with Gasteiger partial charge in [0.25, 0.3) is 0 Å². The average Bonchev–Trinajstić information content (AvgIpc) is 2.63. The molecule has 6 heteroatoms. The van der Waals surface area contributed by atoms with Crippen LogP contribution in [0.15, 0.2) is 36.4 Å². The van der Waals surface area contributed by atoms with Crippen LogP contribution < -0.4 is 0 Å². The normalized spacial score (nSPS) is 11.8. The number of carbonyl (C=O) groups excluding carboxylic acids is 2. The van der Waals surface area contributed by atoms with E-state index in [2.05, 4.69) is 0 Å². The summed E-state index contributed by atoms with van der Waals surface area (Å²) in [5, 5.41) is 29.6. The van der Waals surface area contributed by atoms with Crippen molar-refractivity contribution in [3.05, 3.63) is 58.7 Å². The number of benzene rings is 2. The van der Waals surface area contributed by atoms with Crippen LogP contribution in [0.4, 0.5) is 0 Å². The van der Waals surface area contributed by atoms with Crippen LogP contribution in [0, 0.1) is 5.92 Å². The van der Waals surface area contributed by atoms with Crippen molar-refractivity contribution in [3.8, 4) is 11.5 Å². The van der Waals surface area contributed by atoms with Gasteiger partial charge in [-0.1, -0.05) is 19.1 Å². The molecule has 3 N–H and O–H groups in total. The van der Waals surface area contributed by atoms with Crippen LogP contribution in [-0.2, 0) is 11.2 Å². The van der Waals surface area contributed by atoms with E-state index in [1.54, 1.807) is 26.0 Å². The van der Waals surface area contributed by atoms with Gasteiger partial charge in [0, 0.05) is 12.2 Å². The van der Waals surface area contributed by atoms with Gasteiger partial charge in [0.1, 0.15) is 17.1 Å². The predicted octanol–water partition coefficient (Wildman–Crippen LogP) is 2.68. The molecule has 0 amide bonds. The van der Waals surface area contributed by atoms with Gasteiger partial charge in [-0.15, -0.1) is 0 Å². The summed E-state index contributed by atoms with van der Waals surface area (Å²) in [6, 6.07) is 8.82. The number of esters is 1. The van der Waals surface area contributed by atoms with Gasteiger partial charge in [-0.2, -0.15) is 0 Å². The van der Waals surface area contributed by atoms with E-state index in [9.17, 15) is 24.9 Å². The zero-order chi connectivity index (χ0) is 19.3. The van der Waals surface area contributed by atoms with E-state index in [-0.39, 0.29) is 53.7 Å². The Hall–Kier alpha value is -2.86. The van der Waals surface area contributed by atoms with Gasteiger partial charge in [0.15, 0.2) is 5.78 Å². The Balaban J connectivity index is 2.56. The third-order valence-electron chi connectivity index (χ3n) is 3.98. The fraction of sp³-hybridized carbons (Fsp3) is 0.300. The van der Waals surface area contributed by atoms with E-state index >= 15 is 0 Å². The highest BCUT2D eigenvalue weighted by molar-refractivity contribution is 6.12. The third-order valence-corrected chi connectivity index (χ3v) is 3.98. The maximum Gasteiger partial charge on any atom is 0.341 e. The first-order chi connectivity index (χ1) is 12.4. The first-order valence-electron chi connectivity index (χ1n) is 8.35. The molecule has 26 heavy (non-hydrogen) atoms. The van der Waals surface area contributed by atoms with Crippen LogP contribution in [0.5, 0.6) is 11.5 Å². The lowest BCUT2D eigenvalue weighted by Gasteiger charge is -2.15. The molecule has 0 fully saturated rings. The second-order valence-corrected chi connectivity index (χ2v) is 6.09. The Morgan fingerprint density at radius 1 is 1.12 bits per heavy atom. The molecule has 1 atom stereocenters. The van der Waals surface area contributed by atoms with Crippen molar-refractivity contribution in [2.24, 2.45) is 5.92 Å².